The van der Waals surface area contributed by atoms with Gasteiger partial charge in [-0.05, 0) is 37.3 Å². The molecule has 16 heavy (non-hydrogen) atoms. The number of halogens is 3. The van der Waals surface area contributed by atoms with E-state index in [1.54, 1.807) is 11.3 Å². The number of aryl methyl sites for hydroxylation is 1. The van der Waals surface area contributed by atoms with Gasteiger partial charge in [0, 0.05) is 15.3 Å². The van der Waals surface area contributed by atoms with Crippen LogP contribution in [0, 0.1) is 18.6 Å². The third-order valence-corrected chi connectivity index (χ3v) is 4.60. The van der Waals surface area contributed by atoms with Crippen molar-refractivity contribution < 1.29 is 8.78 Å². The van der Waals surface area contributed by atoms with Gasteiger partial charge in [-0.3, -0.25) is 0 Å². The molecule has 1 aromatic heterocycles. The molecule has 0 saturated carbocycles. The molecule has 4 heteroatoms. The number of hydrogen-bond donors (Lipinski definition) is 0. The second kappa shape index (κ2) is 4.63. The van der Waals surface area contributed by atoms with Crippen LogP contribution in [-0.4, -0.2) is 0 Å². The standard InChI is InChI=1S/C12H9BrF2S/c1-7-2-5-11(16-7)12(13)9-6-8(14)3-4-10(9)15/h2-6,12H,1H3. The SMILES string of the molecule is Cc1ccc(C(Br)c2cc(F)ccc2F)s1. The summed E-state index contributed by atoms with van der Waals surface area (Å²) in [4.78, 5) is 1.83. The lowest BCUT2D eigenvalue weighted by atomic mass is 10.1. The largest absolute Gasteiger partial charge is 0.207 e. The molecule has 0 amide bonds. The summed E-state index contributed by atoms with van der Waals surface area (Å²) in [5.74, 6) is -0.816. The van der Waals surface area contributed by atoms with E-state index in [9.17, 15) is 8.78 Å². The summed E-state index contributed by atoms with van der Waals surface area (Å²) >= 11 is 4.97. The fourth-order valence-electron chi connectivity index (χ4n) is 1.45. The Morgan fingerprint density at radius 1 is 1.19 bits per heavy atom. The maximum Gasteiger partial charge on any atom is 0.128 e. The van der Waals surface area contributed by atoms with Crippen LogP contribution in [0.2, 0.25) is 0 Å². The van der Waals surface area contributed by atoms with Crippen LogP contribution in [0.25, 0.3) is 0 Å². The smallest absolute Gasteiger partial charge is 0.128 e. The zero-order valence-corrected chi connectivity index (χ0v) is 10.9. The number of rotatable bonds is 2. The summed E-state index contributed by atoms with van der Waals surface area (Å²) in [5, 5.41) is 0. The summed E-state index contributed by atoms with van der Waals surface area (Å²) < 4.78 is 26.6. The van der Waals surface area contributed by atoms with Gasteiger partial charge in [0.1, 0.15) is 11.6 Å². The molecule has 1 heterocycles. The van der Waals surface area contributed by atoms with Crippen LogP contribution in [0.5, 0.6) is 0 Å². The molecule has 0 fully saturated rings. The molecule has 0 aliphatic carbocycles. The molecule has 0 N–H and O–H groups in total. The van der Waals surface area contributed by atoms with Gasteiger partial charge in [-0.25, -0.2) is 8.78 Å². The molecule has 0 aliphatic heterocycles. The Kier molecular flexibility index (Phi) is 3.40. The van der Waals surface area contributed by atoms with Crippen molar-refractivity contribution in [3.8, 4) is 0 Å². The van der Waals surface area contributed by atoms with Gasteiger partial charge < -0.3 is 0 Å². The van der Waals surface area contributed by atoms with Crippen molar-refractivity contribution in [3.63, 3.8) is 0 Å². The average molecular weight is 303 g/mol. The van der Waals surface area contributed by atoms with Crippen LogP contribution in [0.3, 0.4) is 0 Å². The summed E-state index contributed by atoms with van der Waals surface area (Å²) in [7, 11) is 0. The molecule has 0 bridgehead atoms. The Morgan fingerprint density at radius 2 is 1.94 bits per heavy atom. The molecule has 0 spiro atoms. The molecular formula is C12H9BrF2S. The highest BCUT2D eigenvalue weighted by Crippen LogP contribution is 2.36. The Hall–Kier alpha value is -0.740. The van der Waals surface area contributed by atoms with Crippen LogP contribution in [0.1, 0.15) is 20.1 Å². The van der Waals surface area contributed by atoms with Crippen molar-refractivity contribution in [3.05, 3.63) is 57.3 Å². The first-order chi connectivity index (χ1) is 7.58. The van der Waals surface area contributed by atoms with Crippen molar-refractivity contribution in [2.45, 2.75) is 11.8 Å². The molecule has 0 radical (unpaired) electrons. The summed E-state index contributed by atoms with van der Waals surface area (Å²) in [6.07, 6.45) is 0. The third kappa shape index (κ3) is 2.33. The zero-order valence-electron chi connectivity index (χ0n) is 8.51. The molecule has 2 aromatic rings. The van der Waals surface area contributed by atoms with Gasteiger partial charge in [0.25, 0.3) is 0 Å². The van der Waals surface area contributed by atoms with Gasteiger partial charge in [0.05, 0.1) is 4.83 Å². The highest BCUT2D eigenvalue weighted by molar-refractivity contribution is 9.09. The highest BCUT2D eigenvalue weighted by atomic mass is 79.9. The first-order valence-corrected chi connectivity index (χ1v) is 6.46. The van der Waals surface area contributed by atoms with E-state index in [0.717, 1.165) is 21.9 Å². The molecule has 1 atom stereocenters. The zero-order chi connectivity index (χ0) is 11.7. The lowest BCUT2D eigenvalue weighted by Gasteiger charge is -2.09. The molecule has 0 nitrogen and oxygen atoms in total. The number of thiophene rings is 1. The summed E-state index contributed by atoms with van der Waals surface area (Å²) in [6.45, 7) is 1.98. The van der Waals surface area contributed by atoms with E-state index in [0.29, 0.717) is 5.56 Å². The van der Waals surface area contributed by atoms with E-state index in [1.165, 1.54) is 6.07 Å². The first-order valence-electron chi connectivity index (χ1n) is 4.73. The lowest BCUT2D eigenvalue weighted by molar-refractivity contribution is 0.588. The molecule has 1 aromatic carbocycles. The van der Waals surface area contributed by atoms with Gasteiger partial charge in [-0.1, -0.05) is 15.9 Å². The molecule has 0 aliphatic rings. The summed E-state index contributed by atoms with van der Waals surface area (Å²) in [5.41, 5.74) is 0.335. The van der Waals surface area contributed by atoms with Crippen LogP contribution in [0.15, 0.2) is 30.3 Å². The lowest BCUT2D eigenvalue weighted by Crippen LogP contribution is -1.95. The molecule has 1 unspecified atom stereocenters. The number of benzene rings is 1. The van der Waals surface area contributed by atoms with Crippen LogP contribution < -0.4 is 0 Å². The Bertz CT molecular complexity index is 507. The van der Waals surface area contributed by atoms with E-state index in [1.807, 2.05) is 19.1 Å². The van der Waals surface area contributed by atoms with E-state index in [2.05, 4.69) is 15.9 Å². The van der Waals surface area contributed by atoms with Gasteiger partial charge in [0.2, 0.25) is 0 Å². The van der Waals surface area contributed by atoms with E-state index in [4.69, 9.17) is 0 Å². The quantitative estimate of drug-likeness (QED) is 0.698. The van der Waals surface area contributed by atoms with Crippen LogP contribution in [-0.2, 0) is 0 Å². The minimum absolute atomic E-state index is 0.290. The van der Waals surface area contributed by atoms with Gasteiger partial charge in [-0.15, -0.1) is 11.3 Å². The van der Waals surface area contributed by atoms with Crippen molar-refractivity contribution in [1.29, 1.82) is 0 Å². The van der Waals surface area contributed by atoms with E-state index < -0.39 is 11.6 Å². The first kappa shape index (κ1) is 11.7. The van der Waals surface area contributed by atoms with Crippen molar-refractivity contribution >= 4 is 27.3 Å². The maximum atomic E-state index is 13.5. The topological polar surface area (TPSA) is 0 Å². The second-order valence-electron chi connectivity index (χ2n) is 3.48. The molecule has 0 saturated heterocycles. The van der Waals surface area contributed by atoms with Gasteiger partial charge in [0.15, 0.2) is 0 Å². The second-order valence-corrected chi connectivity index (χ2v) is 5.71. The fourth-order valence-corrected chi connectivity index (χ4v) is 3.11. The fraction of sp³-hybridized carbons (Fsp3) is 0.167. The van der Waals surface area contributed by atoms with Crippen molar-refractivity contribution in [2.75, 3.05) is 0 Å². The monoisotopic (exact) mass is 302 g/mol. The van der Waals surface area contributed by atoms with Crippen LogP contribution in [0.4, 0.5) is 8.78 Å². The molecule has 2 rings (SSSR count). The number of hydrogen-bond acceptors (Lipinski definition) is 1. The summed E-state index contributed by atoms with van der Waals surface area (Å²) in [6, 6.07) is 7.39. The highest BCUT2D eigenvalue weighted by Gasteiger charge is 2.16. The predicted octanol–water partition coefficient (Wildman–Crippen LogP) is 4.82. The number of alkyl halides is 1. The average Bonchev–Trinajstić information content (AvgIpc) is 2.67. The normalized spacial score (nSPS) is 12.8. The van der Waals surface area contributed by atoms with E-state index >= 15 is 0 Å². The van der Waals surface area contributed by atoms with E-state index in [-0.39, 0.29) is 4.83 Å². The molecular weight excluding hydrogens is 294 g/mol. The third-order valence-electron chi connectivity index (χ3n) is 2.24. The predicted molar refractivity (Wildman–Crippen MR) is 66.2 cm³/mol. The Morgan fingerprint density at radius 3 is 2.56 bits per heavy atom. The molecule has 84 valence electrons. The maximum absolute atomic E-state index is 13.5. The Balaban J connectivity index is 2.40. The minimum Gasteiger partial charge on any atom is -0.207 e. The van der Waals surface area contributed by atoms with Crippen LogP contribution >= 0.6 is 27.3 Å². The van der Waals surface area contributed by atoms with Crippen molar-refractivity contribution in [2.24, 2.45) is 0 Å². The van der Waals surface area contributed by atoms with Gasteiger partial charge >= 0.3 is 0 Å². The van der Waals surface area contributed by atoms with Crippen molar-refractivity contribution in [1.82, 2.24) is 0 Å². The minimum atomic E-state index is -0.422. The van der Waals surface area contributed by atoms with Gasteiger partial charge in [-0.2, -0.15) is 0 Å². The Labute approximate surface area is 105 Å².